The van der Waals surface area contributed by atoms with Crippen LogP contribution in [0.5, 0.6) is 5.75 Å². The molecule has 2 saturated heterocycles. The number of methoxy groups -OCH3 is 3. The summed E-state index contributed by atoms with van der Waals surface area (Å²) >= 11 is 0. The lowest BCUT2D eigenvalue weighted by Crippen LogP contribution is -2.53. The Balaban J connectivity index is 0.981. The highest BCUT2D eigenvalue weighted by molar-refractivity contribution is 6.07. The first-order valence-electron chi connectivity index (χ1n) is 22.5. The second-order valence-electron chi connectivity index (χ2n) is 18.1. The highest BCUT2D eigenvalue weighted by Crippen LogP contribution is 2.45. The van der Waals surface area contributed by atoms with Crippen LogP contribution in [0.25, 0.3) is 44.2 Å². The molecule has 6 aromatic rings. The Morgan fingerprint density at radius 3 is 2.36 bits per heavy atom. The van der Waals surface area contributed by atoms with Crippen molar-refractivity contribution in [1.29, 1.82) is 0 Å². The molecule has 3 aliphatic heterocycles. The van der Waals surface area contributed by atoms with Crippen LogP contribution >= 0.6 is 0 Å². The highest BCUT2D eigenvalue weighted by atomic mass is 16.5. The van der Waals surface area contributed by atoms with Gasteiger partial charge in [0.25, 0.3) is 5.91 Å². The number of hydrogen-bond acceptors (Lipinski definition) is 10. The minimum Gasteiger partial charge on any atom is -0.488 e. The second kappa shape index (κ2) is 18.1. The summed E-state index contributed by atoms with van der Waals surface area (Å²) in [6.45, 7) is 9.28. The molecule has 0 radical (unpaired) electrons. The van der Waals surface area contributed by atoms with Crippen LogP contribution < -0.4 is 15.4 Å². The monoisotopic (exact) mass is 896 g/mol. The number of fused-ring (bicyclic) bond motifs is 6. The average molecular weight is 897 g/mol. The molecule has 2 aromatic heterocycles. The summed E-state index contributed by atoms with van der Waals surface area (Å²) in [4.78, 5) is 73.8. The zero-order valence-electron chi connectivity index (χ0n) is 38.2. The number of alkyl carbamates (subject to hydrolysis) is 2. The number of nitrogens with zero attached hydrogens (tertiary/aromatic N) is 4. The number of aromatic nitrogens is 4. The number of aromatic amines is 2. The number of amides is 4. The van der Waals surface area contributed by atoms with E-state index in [1.165, 1.54) is 14.2 Å². The molecule has 5 heterocycles. The van der Waals surface area contributed by atoms with Crippen LogP contribution in [-0.2, 0) is 30.4 Å². The third kappa shape index (κ3) is 8.18. The van der Waals surface area contributed by atoms with Crippen molar-refractivity contribution in [2.24, 2.45) is 17.8 Å². The zero-order valence-corrected chi connectivity index (χ0v) is 38.2. The van der Waals surface area contributed by atoms with E-state index >= 15 is 0 Å². The number of hydrogen-bond donors (Lipinski definition) is 4. The third-order valence-electron chi connectivity index (χ3n) is 13.6. The number of nitrogens with one attached hydrogen (secondary N) is 4. The number of imidazole rings is 2. The van der Waals surface area contributed by atoms with Gasteiger partial charge >= 0.3 is 12.2 Å². The number of benzene rings is 4. The summed E-state index contributed by atoms with van der Waals surface area (Å²) in [5, 5.41) is 7.43. The molecule has 2 fully saturated rings. The van der Waals surface area contributed by atoms with Crippen molar-refractivity contribution in [1.82, 2.24) is 40.4 Å². The fourth-order valence-electron chi connectivity index (χ4n) is 10.0. The number of carbonyl (C=O) groups is 4. The minimum atomic E-state index is -0.949. The van der Waals surface area contributed by atoms with E-state index in [0.29, 0.717) is 43.4 Å². The van der Waals surface area contributed by atoms with Crippen LogP contribution in [-0.4, -0.2) is 100 Å². The van der Waals surface area contributed by atoms with Gasteiger partial charge in [0, 0.05) is 36.6 Å². The van der Waals surface area contributed by atoms with Gasteiger partial charge in [0.15, 0.2) is 0 Å². The number of likely N-dealkylation sites (tertiary alicyclic amines) is 2. The van der Waals surface area contributed by atoms with Gasteiger partial charge in [0.2, 0.25) is 5.91 Å². The molecular formula is C50H56N8O8. The topological polar surface area (TPSA) is 193 Å². The maximum absolute atomic E-state index is 14.3. The Hall–Kier alpha value is -6.94. The minimum absolute atomic E-state index is 0.0666. The standard InChI is InChI=1S/C50H56N8O8/c1-26(2)42(55-49(61)64-6)48(60)58-28(4)27(3)17-40(58)46-52-37-16-14-31-20-36-34-15-13-32(19-33(34)25-66-41(36)21-35(31)44(37)54-46)38-22-51-45(53-38)39-18-29(24-63-5)23-57(39)47(59)43(56-50(62)65-7)30-11-9-8-10-12-30/h8-16,19-22,26-29,39-40,42-43H,17-18,23-25H2,1-7H3,(H,51,53)(H,52,54)(H,55,61)(H,56,62)/t27-,28-,29+,39+,40+,42+,43?/m1/s1. The van der Waals surface area contributed by atoms with Crippen molar-refractivity contribution in [2.45, 2.75) is 77.4 Å². The van der Waals surface area contributed by atoms with Gasteiger partial charge in [-0.15, -0.1) is 0 Å². The molecule has 4 aromatic carbocycles. The summed E-state index contributed by atoms with van der Waals surface area (Å²) in [6, 6.07) is 21.3. The van der Waals surface area contributed by atoms with Crippen LogP contribution in [0.4, 0.5) is 9.59 Å². The molecule has 16 heteroatoms. The van der Waals surface area contributed by atoms with E-state index in [0.717, 1.165) is 61.9 Å². The van der Waals surface area contributed by atoms with E-state index in [1.54, 1.807) is 18.2 Å². The fraction of sp³-hybridized carbons (Fsp3) is 0.400. The van der Waals surface area contributed by atoms with Crippen LogP contribution in [0.15, 0.2) is 79.0 Å². The molecule has 0 bridgehead atoms. The van der Waals surface area contributed by atoms with Crippen molar-refractivity contribution in [3.05, 3.63) is 102 Å². The molecule has 0 saturated carbocycles. The summed E-state index contributed by atoms with van der Waals surface area (Å²) < 4.78 is 21.7. The summed E-state index contributed by atoms with van der Waals surface area (Å²) in [5.41, 5.74) is 7.08. The van der Waals surface area contributed by atoms with Gasteiger partial charge in [0.1, 0.15) is 36.1 Å². The van der Waals surface area contributed by atoms with Crippen molar-refractivity contribution >= 4 is 45.8 Å². The molecule has 4 amide bonds. The SMILES string of the molecule is COC[C@H]1C[C@@H](c2ncc(-c3ccc4c(c3)COc3cc5c(ccc6[nH]c([C@@H]7C[C@@H](C)[C@@H](C)N7C(=O)[C@@H](NC(=O)OC)C(C)C)nc65)cc3-4)[nH]2)N(C(=O)C(NC(=O)OC)c2ccccc2)C1. The fourth-order valence-corrected chi connectivity index (χ4v) is 10.0. The van der Waals surface area contributed by atoms with Gasteiger partial charge in [-0.05, 0) is 83.5 Å². The van der Waals surface area contributed by atoms with Crippen molar-refractivity contribution in [3.63, 3.8) is 0 Å². The first-order chi connectivity index (χ1) is 31.9. The van der Waals surface area contributed by atoms with Crippen molar-refractivity contribution in [2.75, 3.05) is 34.5 Å². The largest absolute Gasteiger partial charge is 0.488 e. The van der Waals surface area contributed by atoms with E-state index in [2.05, 4.69) is 70.8 Å². The molecule has 7 atom stereocenters. The molecule has 66 heavy (non-hydrogen) atoms. The zero-order chi connectivity index (χ0) is 46.4. The van der Waals surface area contributed by atoms with Gasteiger partial charge in [-0.3, -0.25) is 9.59 Å². The first kappa shape index (κ1) is 44.3. The molecule has 344 valence electrons. The predicted molar refractivity (Wildman–Crippen MR) is 247 cm³/mol. The van der Waals surface area contributed by atoms with Gasteiger partial charge in [-0.25, -0.2) is 19.6 Å². The van der Waals surface area contributed by atoms with E-state index in [4.69, 9.17) is 28.9 Å². The van der Waals surface area contributed by atoms with Crippen molar-refractivity contribution in [3.8, 4) is 28.1 Å². The number of ether oxygens (including phenoxy) is 4. The van der Waals surface area contributed by atoms with Crippen LogP contribution in [0, 0.1) is 17.8 Å². The third-order valence-corrected chi connectivity index (χ3v) is 13.6. The maximum Gasteiger partial charge on any atom is 0.407 e. The van der Waals surface area contributed by atoms with Gasteiger partial charge < -0.3 is 49.3 Å². The lowest BCUT2D eigenvalue weighted by atomic mass is 9.92. The Bertz CT molecular complexity index is 2810. The molecule has 1 unspecified atom stereocenters. The van der Waals surface area contributed by atoms with Crippen molar-refractivity contribution < 1.29 is 38.1 Å². The Labute approximate surface area is 382 Å². The first-order valence-corrected chi connectivity index (χ1v) is 22.5. The maximum atomic E-state index is 14.3. The molecule has 0 spiro atoms. The highest BCUT2D eigenvalue weighted by Gasteiger charge is 2.45. The van der Waals surface area contributed by atoms with E-state index in [1.807, 2.05) is 55.1 Å². The Kier molecular flexibility index (Phi) is 12.2. The quantitative estimate of drug-likeness (QED) is 0.0991. The molecule has 0 aliphatic carbocycles. The van der Waals surface area contributed by atoms with Gasteiger partial charge in [-0.1, -0.05) is 69.3 Å². The van der Waals surface area contributed by atoms with Crippen LogP contribution in [0.3, 0.4) is 0 Å². The van der Waals surface area contributed by atoms with Gasteiger partial charge in [0.05, 0.1) is 55.8 Å². The smallest absolute Gasteiger partial charge is 0.407 e. The van der Waals surface area contributed by atoms with E-state index in [9.17, 15) is 19.2 Å². The Morgan fingerprint density at radius 2 is 1.62 bits per heavy atom. The molecule has 16 nitrogen and oxygen atoms in total. The van der Waals surface area contributed by atoms with E-state index < -0.39 is 24.3 Å². The second-order valence-corrected chi connectivity index (χ2v) is 18.1. The molecular weight excluding hydrogens is 841 g/mol. The molecule has 9 rings (SSSR count). The number of rotatable bonds is 11. The summed E-state index contributed by atoms with van der Waals surface area (Å²) in [7, 11) is 4.22. The predicted octanol–water partition coefficient (Wildman–Crippen LogP) is 7.98. The summed E-state index contributed by atoms with van der Waals surface area (Å²) in [5.74, 6) is 1.81. The number of carbonyl (C=O) groups excluding carboxylic acids is 4. The lowest BCUT2D eigenvalue weighted by molar-refractivity contribution is -0.137. The van der Waals surface area contributed by atoms with Crippen LogP contribution in [0.2, 0.25) is 0 Å². The Morgan fingerprint density at radius 1 is 0.848 bits per heavy atom. The normalized spacial score (nSPS) is 21.0. The van der Waals surface area contributed by atoms with E-state index in [-0.39, 0.29) is 47.7 Å². The molecule has 4 N–H and O–H groups in total. The number of H-pyrrole nitrogens is 2. The lowest BCUT2D eigenvalue weighted by Gasteiger charge is -2.33. The van der Waals surface area contributed by atoms with Gasteiger partial charge in [-0.2, -0.15) is 0 Å². The molecule has 3 aliphatic rings. The summed E-state index contributed by atoms with van der Waals surface area (Å²) in [6.07, 6.45) is 1.82. The van der Waals surface area contributed by atoms with Crippen LogP contribution in [0.1, 0.15) is 81.4 Å². The average Bonchev–Trinajstić information content (AvgIpc) is 4.14.